The molecule has 0 radical (unpaired) electrons. The molecule has 1 aromatic heterocycles. The maximum atomic E-state index is 11.1. The minimum atomic E-state index is -4.15. The third kappa shape index (κ3) is 2.71. The van der Waals surface area contributed by atoms with E-state index in [2.05, 4.69) is 0 Å². The van der Waals surface area contributed by atoms with Gasteiger partial charge in [-0.3, -0.25) is 4.55 Å². The van der Waals surface area contributed by atoms with Crippen molar-refractivity contribution in [2.24, 2.45) is 0 Å². The molecule has 0 saturated heterocycles. The van der Waals surface area contributed by atoms with E-state index in [1.807, 2.05) is 0 Å². The van der Waals surface area contributed by atoms with Gasteiger partial charge in [-0.2, -0.15) is 8.42 Å². The molecule has 7 heteroatoms. The standard InChI is InChI=1S/C9H7ClO3S2.K.H/c1-5-6-3-2-4-7(10)8(6)14-9(5)15(11,12)13;;/h2-4H,1H3,(H,11,12,13);;. The fourth-order valence-corrected chi connectivity index (χ4v) is 3.84. The number of hydrogen-bond donors (Lipinski definition) is 1. The van der Waals surface area contributed by atoms with Crippen LogP contribution in [0.5, 0.6) is 0 Å². The summed E-state index contributed by atoms with van der Waals surface area (Å²) in [6, 6.07) is 5.22. The van der Waals surface area contributed by atoms with Crippen molar-refractivity contribution in [3.63, 3.8) is 0 Å². The molecule has 82 valence electrons. The van der Waals surface area contributed by atoms with Gasteiger partial charge in [-0.1, -0.05) is 23.7 Å². The molecule has 16 heavy (non-hydrogen) atoms. The van der Waals surface area contributed by atoms with E-state index in [9.17, 15) is 8.42 Å². The summed E-state index contributed by atoms with van der Waals surface area (Å²) in [5.41, 5.74) is 0.542. The van der Waals surface area contributed by atoms with Crippen LogP contribution in [-0.2, 0) is 10.1 Å². The quantitative estimate of drug-likeness (QED) is 0.650. The molecule has 1 aromatic carbocycles. The van der Waals surface area contributed by atoms with Gasteiger partial charge in [-0.25, -0.2) is 0 Å². The molecule has 0 amide bonds. The van der Waals surface area contributed by atoms with Crippen LogP contribution in [0, 0.1) is 6.92 Å². The van der Waals surface area contributed by atoms with Gasteiger partial charge in [-0.05, 0) is 23.9 Å². The van der Waals surface area contributed by atoms with Gasteiger partial charge < -0.3 is 0 Å². The van der Waals surface area contributed by atoms with Crippen molar-refractivity contribution >= 4 is 94.5 Å². The van der Waals surface area contributed by atoms with Crippen LogP contribution in [0.3, 0.4) is 0 Å². The second-order valence-corrected chi connectivity index (χ2v) is 6.15. The van der Waals surface area contributed by atoms with E-state index in [0.717, 1.165) is 16.7 Å². The Balaban J connectivity index is 0.00000128. The number of hydrogen-bond acceptors (Lipinski definition) is 3. The first-order chi connectivity index (χ1) is 6.91. The number of halogens is 1. The van der Waals surface area contributed by atoms with Crippen LogP contribution in [0.25, 0.3) is 10.1 Å². The van der Waals surface area contributed by atoms with Crippen molar-refractivity contribution in [3.05, 3.63) is 28.8 Å². The maximum absolute atomic E-state index is 11.1. The van der Waals surface area contributed by atoms with Gasteiger partial charge in [-0.15, -0.1) is 11.3 Å². The van der Waals surface area contributed by atoms with Crippen LogP contribution < -0.4 is 0 Å². The first-order valence-electron chi connectivity index (χ1n) is 4.06. The topological polar surface area (TPSA) is 54.4 Å². The van der Waals surface area contributed by atoms with E-state index in [1.165, 1.54) is 0 Å². The summed E-state index contributed by atoms with van der Waals surface area (Å²) in [4.78, 5) is 0. The van der Waals surface area contributed by atoms with Crippen molar-refractivity contribution in [1.82, 2.24) is 0 Å². The van der Waals surface area contributed by atoms with E-state index in [1.54, 1.807) is 25.1 Å². The summed E-state index contributed by atoms with van der Waals surface area (Å²) >= 11 is 6.91. The molecule has 0 aliphatic carbocycles. The first-order valence-corrected chi connectivity index (χ1v) is 6.70. The molecule has 0 saturated carbocycles. The summed E-state index contributed by atoms with van der Waals surface area (Å²) < 4.78 is 31.8. The second-order valence-electron chi connectivity index (χ2n) is 3.11. The average Bonchev–Trinajstić information content (AvgIpc) is 2.45. The predicted octanol–water partition coefficient (Wildman–Crippen LogP) is 2.46. The monoisotopic (exact) mass is 302 g/mol. The number of thiophene rings is 1. The molecule has 1 heterocycles. The Kier molecular flexibility index (Phi) is 5.03. The zero-order chi connectivity index (χ0) is 11.2. The average molecular weight is 303 g/mol. The first kappa shape index (κ1) is 15.1. The van der Waals surface area contributed by atoms with Crippen molar-refractivity contribution in [2.45, 2.75) is 11.1 Å². The molecule has 1 N–H and O–H groups in total. The van der Waals surface area contributed by atoms with Crippen molar-refractivity contribution in [3.8, 4) is 0 Å². The van der Waals surface area contributed by atoms with Crippen molar-refractivity contribution < 1.29 is 13.0 Å². The van der Waals surface area contributed by atoms with E-state index >= 15 is 0 Å². The van der Waals surface area contributed by atoms with Gasteiger partial charge in [0.25, 0.3) is 0 Å². The molecule has 0 aliphatic rings. The number of benzene rings is 1. The van der Waals surface area contributed by atoms with E-state index in [4.69, 9.17) is 16.2 Å². The van der Waals surface area contributed by atoms with Gasteiger partial charge in [0, 0.05) is 0 Å². The fourth-order valence-electron chi connectivity index (χ4n) is 1.43. The van der Waals surface area contributed by atoms with Crippen LogP contribution in [0.15, 0.2) is 22.4 Å². The Labute approximate surface area is 145 Å². The number of rotatable bonds is 1. The Morgan fingerprint density at radius 3 is 2.50 bits per heavy atom. The third-order valence-electron chi connectivity index (χ3n) is 2.11. The minimum absolute atomic E-state index is 0. The molecule has 0 spiro atoms. The summed E-state index contributed by atoms with van der Waals surface area (Å²) in [7, 11) is -4.15. The normalized spacial score (nSPS) is 11.4. The molecule has 3 nitrogen and oxygen atoms in total. The third-order valence-corrected chi connectivity index (χ3v) is 5.33. The number of fused-ring (bicyclic) bond motifs is 1. The Hall–Kier alpha value is 1.02. The van der Waals surface area contributed by atoms with Crippen LogP contribution in [0.1, 0.15) is 5.56 Å². The van der Waals surface area contributed by atoms with Gasteiger partial charge >= 0.3 is 61.5 Å². The van der Waals surface area contributed by atoms with Gasteiger partial charge in [0.15, 0.2) is 4.21 Å². The molecular weight excluding hydrogens is 295 g/mol. The van der Waals surface area contributed by atoms with E-state index in [-0.39, 0.29) is 55.6 Å². The molecule has 0 aliphatic heterocycles. The van der Waals surface area contributed by atoms with Crippen LogP contribution in [-0.4, -0.2) is 64.4 Å². The second kappa shape index (κ2) is 5.34. The Bertz CT molecular complexity index is 633. The fraction of sp³-hybridized carbons (Fsp3) is 0.111. The zero-order valence-electron chi connectivity index (χ0n) is 7.69. The van der Waals surface area contributed by atoms with Crippen molar-refractivity contribution in [2.75, 3.05) is 0 Å². The van der Waals surface area contributed by atoms with Crippen LogP contribution >= 0.6 is 22.9 Å². The van der Waals surface area contributed by atoms with Gasteiger partial charge in [0.1, 0.15) is 0 Å². The molecular formula is C9H8ClKO3S2. The van der Waals surface area contributed by atoms with Crippen molar-refractivity contribution in [1.29, 1.82) is 0 Å². The molecule has 0 atom stereocenters. The molecule has 0 unspecified atom stereocenters. The summed E-state index contributed by atoms with van der Waals surface area (Å²) in [6.45, 7) is 1.65. The van der Waals surface area contributed by atoms with Crippen LogP contribution in [0.4, 0.5) is 0 Å². The van der Waals surface area contributed by atoms with Gasteiger partial charge in [0.2, 0.25) is 0 Å². The molecule has 2 aromatic rings. The number of aryl methyl sites for hydroxylation is 1. The summed E-state index contributed by atoms with van der Waals surface area (Å²) in [5, 5.41) is 1.26. The van der Waals surface area contributed by atoms with Gasteiger partial charge in [0.05, 0.1) is 9.72 Å². The van der Waals surface area contributed by atoms with E-state index < -0.39 is 10.1 Å². The van der Waals surface area contributed by atoms with E-state index in [0.29, 0.717) is 15.3 Å². The zero-order valence-corrected chi connectivity index (χ0v) is 10.1. The molecule has 0 fully saturated rings. The predicted molar refractivity (Wildman–Crippen MR) is 68.5 cm³/mol. The molecule has 2 rings (SSSR count). The Morgan fingerprint density at radius 1 is 1.38 bits per heavy atom. The Morgan fingerprint density at radius 2 is 2.00 bits per heavy atom. The summed E-state index contributed by atoms with van der Waals surface area (Å²) in [6.07, 6.45) is 0. The summed E-state index contributed by atoms with van der Waals surface area (Å²) in [5.74, 6) is 0. The van der Waals surface area contributed by atoms with Crippen LogP contribution in [0.2, 0.25) is 5.02 Å². The molecule has 0 bridgehead atoms. The SMILES string of the molecule is Cc1c(S(=O)(=O)O)sc2c(Cl)cccc12.[KH].